The van der Waals surface area contributed by atoms with Crippen LogP contribution in [0.5, 0.6) is 0 Å². The molecule has 0 heterocycles. The minimum atomic E-state index is 1.30. The van der Waals surface area contributed by atoms with Crippen molar-refractivity contribution in [3.8, 4) is 0 Å². The van der Waals surface area contributed by atoms with Crippen molar-refractivity contribution in [2.24, 2.45) is 0 Å². The van der Waals surface area contributed by atoms with Crippen LogP contribution >= 0.6 is 0 Å². The van der Waals surface area contributed by atoms with Crippen molar-refractivity contribution < 1.29 is 0 Å². The Labute approximate surface area is 160 Å². The monoisotopic (exact) mass is 346 g/mol. The van der Waals surface area contributed by atoms with Gasteiger partial charge in [0.25, 0.3) is 0 Å². The topological polar surface area (TPSA) is 0 Å². The molecule has 0 aliphatic heterocycles. The van der Waals surface area contributed by atoms with Gasteiger partial charge in [-0.1, -0.05) is 110 Å². The molecule has 0 spiro atoms. The van der Waals surface area contributed by atoms with Crippen LogP contribution < -0.4 is 0 Å². The van der Waals surface area contributed by atoms with Crippen LogP contribution in [0.1, 0.15) is 6.92 Å². The third-order valence-corrected chi connectivity index (χ3v) is 4.98. The smallest absolute Gasteiger partial charge is 0.00987 e. The highest BCUT2D eigenvalue weighted by Gasteiger charge is 2.06. The summed E-state index contributed by atoms with van der Waals surface area (Å²) in [6.45, 7) is 5.42. The molecule has 5 aromatic rings. The Morgan fingerprint density at radius 3 is 1.33 bits per heavy atom. The van der Waals surface area contributed by atoms with Gasteiger partial charge in [-0.2, -0.15) is 0 Å². The average molecular weight is 346 g/mol. The summed E-state index contributed by atoms with van der Waals surface area (Å²) in [5.41, 5.74) is 0. The van der Waals surface area contributed by atoms with E-state index in [2.05, 4.69) is 91.5 Å². The molecule has 5 aromatic carbocycles. The maximum Gasteiger partial charge on any atom is -0.00987 e. The number of hydrogen-bond donors (Lipinski definition) is 0. The quantitative estimate of drug-likeness (QED) is 0.213. The number of rotatable bonds is 1. The molecule has 0 N–H and O–H groups in total. The molecule has 0 unspecified atom stereocenters. The van der Waals surface area contributed by atoms with Gasteiger partial charge in [0.1, 0.15) is 0 Å². The van der Waals surface area contributed by atoms with E-state index in [0.29, 0.717) is 0 Å². The fraction of sp³-hybridized carbons (Fsp3) is 0.0370. The van der Waals surface area contributed by atoms with Crippen LogP contribution in [-0.2, 0) is 0 Å². The van der Waals surface area contributed by atoms with Gasteiger partial charge in [0.2, 0.25) is 0 Å². The number of hydrogen-bond acceptors (Lipinski definition) is 0. The molecule has 130 valence electrons. The molecule has 0 aliphatic rings. The summed E-state index contributed by atoms with van der Waals surface area (Å²) in [5, 5.41) is 10.6. The Bertz CT molecular complexity index is 1190. The summed E-state index contributed by atoms with van der Waals surface area (Å²) in [5.74, 6) is 0. The van der Waals surface area contributed by atoms with Crippen molar-refractivity contribution in [1.82, 2.24) is 0 Å². The van der Waals surface area contributed by atoms with Crippen molar-refractivity contribution in [1.29, 1.82) is 0 Å². The minimum Gasteiger partial charge on any atom is -0.0991 e. The van der Waals surface area contributed by atoms with Crippen molar-refractivity contribution >= 4 is 43.1 Å². The molecule has 0 atom stereocenters. The van der Waals surface area contributed by atoms with Gasteiger partial charge in [-0.05, 0) is 50.0 Å². The Morgan fingerprint density at radius 1 is 0.519 bits per heavy atom. The standard InChI is InChI=1S/C22H14.C5H8/c1-3-7-17-15(5-1)9-11-21-19(17)13-14-20-18-8-4-2-6-16(18)10-12-22(20)21;1-3-5-4-2/h1-14H;3-5H,1H2,2H3/b;5-4+. The van der Waals surface area contributed by atoms with E-state index in [4.69, 9.17) is 0 Å². The molecule has 0 nitrogen and oxygen atoms in total. The molecule has 0 bridgehead atoms. The lowest BCUT2D eigenvalue weighted by Crippen LogP contribution is -1.82. The molecule has 5 rings (SSSR count). The van der Waals surface area contributed by atoms with Gasteiger partial charge in [0, 0.05) is 0 Å². The zero-order valence-electron chi connectivity index (χ0n) is 15.5. The highest BCUT2D eigenvalue weighted by molar-refractivity contribution is 6.22. The van der Waals surface area contributed by atoms with Crippen LogP contribution in [0.15, 0.2) is 110 Å². The van der Waals surface area contributed by atoms with Gasteiger partial charge in [-0.15, -0.1) is 0 Å². The molecule has 0 amide bonds. The fourth-order valence-corrected chi connectivity index (χ4v) is 3.72. The van der Waals surface area contributed by atoms with Gasteiger partial charge >= 0.3 is 0 Å². The van der Waals surface area contributed by atoms with Gasteiger partial charge in [-0.3, -0.25) is 0 Å². The molecule has 0 aliphatic carbocycles. The van der Waals surface area contributed by atoms with Gasteiger partial charge in [0.05, 0.1) is 0 Å². The summed E-state index contributed by atoms with van der Waals surface area (Å²) < 4.78 is 0. The van der Waals surface area contributed by atoms with E-state index in [1.54, 1.807) is 6.08 Å². The van der Waals surface area contributed by atoms with Gasteiger partial charge < -0.3 is 0 Å². The van der Waals surface area contributed by atoms with E-state index in [1.165, 1.54) is 43.1 Å². The third-order valence-electron chi connectivity index (χ3n) is 4.98. The highest BCUT2D eigenvalue weighted by atomic mass is 14.1. The van der Waals surface area contributed by atoms with Crippen LogP contribution in [0.4, 0.5) is 0 Å². The van der Waals surface area contributed by atoms with E-state index in [9.17, 15) is 0 Å². The third kappa shape index (κ3) is 3.11. The van der Waals surface area contributed by atoms with E-state index in [-0.39, 0.29) is 0 Å². The van der Waals surface area contributed by atoms with Crippen LogP contribution in [0.2, 0.25) is 0 Å². The summed E-state index contributed by atoms with van der Waals surface area (Å²) in [6.07, 6.45) is 5.58. The van der Waals surface area contributed by atoms with Crippen molar-refractivity contribution in [3.63, 3.8) is 0 Å². The Balaban J connectivity index is 0.000000323. The molecule has 0 saturated heterocycles. The molecule has 0 saturated carbocycles. The number of allylic oxidation sites excluding steroid dienone is 3. The first-order valence-corrected chi connectivity index (χ1v) is 9.29. The highest BCUT2D eigenvalue weighted by Crippen LogP contribution is 2.34. The number of benzene rings is 5. The maximum absolute atomic E-state index is 3.46. The van der Waals surface area contributed by atoms with Gasteiger partial charge in [-0.25, -0.2) is 0 Å². The van der Waals surface area contributed by atoms with Crippen molar-refractivity contribution in [2.75, 3.05) is 0 Å². The maximum atomic E-state index is 3.46. The van der Waals surface area contributed by atoms with E-state index < -0.39 is 0 Å². The summed E-state index contributed by atoms with van der Waals surface area (Å²) in [4.78, 5) is 0. The Hall–Kier alpha value is -3.38. The average Bonchev–Trinajstić information content (AvgIpc) is 2.74. The first-order valence-electron chi connectivity index (χ1n) is 9.29. The lowest BCUT2D eigenvalue weighted by Gasteiger charge is -2.09. The Kier molecular flexibility index (Phi) is 4.72. The predicted molar refractivity (Wildman–Crippen MR) is 121 cm³/mol. The lowest BCUT2D eigenvalue weighted by atomic mass is 9.94. The second-order valence-corrected chi connectivity index (χ2v) is 6.59. The normalized spacial score (nSPS) is 11.1. The van der Waals surface area contributed by atoms with Crippen molar-refractivity contribution in [3.05, 3.63) is 110 Å². The van der Waals surface area contributed by atoms with Crippen LogP contribution in [0.25, 0.3) is 43.1 Å². The summed E-state index contributed by atoms with van der Waals surface area (Å²) >= 11 is 0. The summed E-state index contributed by atoms with van der Waals surface area (Å²) in [6, 6.07) is 30.7. The molecular weight excluding hydrogens is 324 g/mol. The largest absolute Gasteiger partial charge is 0.0991 e. The van der Waals surface area contributed by atoms with E-state index in [0.717, 1.165) is 0 Å². The van der Waals surface area contributed by atoms with Crippen LogP contribution in [0, 0.1) is 0 Å². The first-order chi connectivity index (χ1) is 13.3. The zero-order valence-corrected chi connectivity index (χ0v) is 15.5. The molecule has 27 heavy (non-hydrogen) atoms. The Morgan fingerprint density at radius 2 is 0.926 bits per heavy atom. The molecule has 0 aromatic heterocycles. The van der Waals surface area contributed by atoms with E-state index in [1.807, 2.05) is 19.1 Å². The minimum absolute atomic E-state index is 1.30. The fourth-order valence-electron chi connectivity index (χ4n) is 3.72. The zero-order chi connectivity index (χ0) is 18.6. The SMILES string of the molecule is C=C/C=C/C.c1ccc2c(c1)ccc1c2ccc2c3ccccc3ccc21. The molecule has 0 radical (unpaired) electrons. The predicted octanol–water partition coefficient (Wildman–Crippen LogP) is 8.05. The van der Waals surface area contributed by atoms with Crippen molar-refractivity contribution in [2.45, 2.75) is 6.92 Å². The second-order valence-electron chi connectivity index (χ2n) is 6.59. The van der Waals surface area contributed by atoms with Crippen LogP contribution in [0.3, 0.4) is 0 Å². The molecule has 0 fully saturated rings. The first kappa shape index (κ1) is 17.1. The lowest BCUT2D eigenvalue weighted by molar-refractivity contribution is 1.74. The molecular formula is C27H22. The number of fused-ring (bicyclic) bond motifs is 7. The van der Waals surface area contributed by atoms with Crippen LogP contribution in [-0.4, -0.2) is 0 Å². The summed E-state index contributed by atoms with van der Waals surface area (Å²) in [7, 11) is 0. The second kappa shape index (κ2) is 7.47. The van der Waals surface area contributed by atoms with E-state index >= 15 is 0 Å². The molecule has 0 heteroatoms. The van der Waals surface area contributed by atoms with Gasteiger partial charge in [0.15, 0.2) is 0 Å².